The topological polar surface area (TPSA) is 69.7 Å². The van der Waals surface area contributed by atoms with Crippen LogP contribution in [-0.4, -0.2) is 30.9 Å². The largest absolute Gasteiger partial charge is 0.465 e. The molecule has 0 heterocycles. The summed E-state index contributed by atoms with van der Waals surface area (Å²) in [7, 11) is 0. The summed E-state index contributed by atoms with van der Waals surface area (Å²) in [6.45, 7) is 5.03. The van der Waals surface area contributed by atoms with Crippen LogP contribution in [0.5, 0.6) is 0 Å². The van der Waals surface area contributed by atoms with Crippen molar-refractivity contribution in [2.75, 3.05) is 13.2 Å². The van der Waals surface area contributed by atoms with Crippen LogP contribution in [0.4, 0.5) is 0 Å². The fraction of sp³-hybridized carbons (Fsp3) is 0.545. The van der Waals surface area contributed by atoms with Gasteiger partial charge in [-0.05, 0) is 26.8 Å². The van der Waals surface area contributed by atoms with E-state index >= 15 is 0 Å². The maximum atomic E-state index is 11.5. The Labute approximate surface area is 94.4 Å². The number of carbonyl (C=O) groups is 3. The van der Waals surface area contributed by atoms with Crippen molar-refractivity contribution in [1.29, 1.82) is 0 Å². The molecule has 0 saturated heterocycles. The molecular weight excluding hydrogens is 212 g/mol. The van der Waals surface area contributed by atoms with Crippen LogP contribution in [0.2, 0.25) is 0 Å². The lowest BCUT2D eigenvalue weighted by Gasteiger charge is -2.11. The molecule has 5 heteroatoms. The van der Waals surface area contributed by atoms with E-state index in [-0.39, 0.29) is 13.2 Å². The smallest absolute Gasteiger partial charge is 0.328 e. The zero-order valence-corrected chi connectivity index (χ0v) is 9.69. The molecule has 0 aliphatic rings. The number of esters is 2. The highest BCUT2D eigenvalue weighted by molar-refractivity contribution is 6.18. The summed E-state index contributed by atoms with van der Waals surface area (Å²) in [4.78, 5) is 34.3. The Kier molecular flexibility index (Phi) is 6.83. The van der Waals surface area contributed by atoms with Gasteiger partial charge in [0.1, 0.15) is 0 Å². The monoisotopic (exact) mass is 228 g/mol. The minimum atomic E-state index is -1.50. The molecule has 0 rings (SSSR count). The van der Waals surface area contributed by atoms with E-state index in [0.717, 1.165) is 6.08 Å². The van der Waals surface area contributed by atoms with Crippen molar-refractivity contribution >= 4 is 17.7 Å². The van der Waals surface area contributed by atoms with E-state index in [2.05, 4.69) is 9.47 Å². The number of hydrogen-bond acceptors (Lipinski definition) is 5. The maximum absolute atomic E-state index is 11.5. The summed E-state index contributed by atoms with van der Waals surface area (Å²) in [5.74, 6) is -3.87. The van der Waals surface area contributed by atoms with Crippen molar-refractivity contribution in [2.45, 2.75) is 20.8 Å². The number of carbonyl (C=O) groups excluding carboxylic acids is 3. The first kappa shape index (κ1) is 14.3. The first-order chi connectivity index (χ1) is 7.58. The highest BCUT2D eigenvalue weighted by Crippen LogP contribution is 2.06. The molecule has 90 valence electrons. The molecule has 0 aliphatic heterocycles. The minimum Gasteiger partial charge on any atom is -0.465 e. The molecule has 0 atom stereocenters. The van der Waals surface area contributed by atoms with Gasteiger partial charge in [0.25, 0.3) is 0 Å². The SMILES string of the molecule is CC=CC(=O)C(C(=O)OCC)C(=O)OCC. The standard InChI is InChI=1S/C11H16O5/c1-4-7-8(12)9(10(13)15-5-2)11(14)16-6-3/h4,7,9H,5-6H2,1-3H3. The van der Waals surface area contributed by atoms with E-state index in [1.807, 2.05) is 0 Å². The Morgan fingerprint density at radius 3 is 1.81 bits per heavy atom. The van der Waals surface area contributed by atoms with Crippen LogP contribution in [-0.2, 0) is 23.9 Å². The first-order valence-corrected chi connectivity index (χ1v) is 5.08. The van der Waals surface area contributed by atoms with E-state index in [9.17, 15) is 14.4 Å². The van der Waals surface area contributed by atoms with Crippen molar-refractivity contribution in [3.8, 4) is 0 Å². The summed E-state index contributed by atoms with van der Waals surface area (Å²) >= 11 is 0. The summed E-state index contributed by atoms with van der Waals surface area (Å²) in [6, 6.07) is 0. The van der Waals surface area contributed by atoms with Crippen molar-refractivity contribution in [2.24, 2.45) is 5.92 Å². The Morgan fingerprint density at radius 1 is 1.06 bits per heavy atom. The van der Waals surface area contributed by atoms with Gasteiger partial charge < -0.3 is 9.47 Å². The summed E-state index contributed by atoms with van der Waals surface area (Å²) in [5, 5.41) is 0. The second-order valence-electron chi connectivity index (χ2n) is 2.84. The van der Waals surface area contributed by atoms with Gasteiger partial charge >= 0.3 is 11.9 Å². The predicted octanol–water partition coefficient (Wildman–Crippen LogP) is 0.874. The van der Waals surface area contributed by atoms with E-state index in [4.69, 9.17) is 0 Å². The van der Waals surface area contributed by atoms with Crippen LogP contribution in [0, 0.1) is 5.92 Å². The van der Waals surface area contributed by atoms with Gasteiger partial charge in [0.2, 0.25) is 5.92 Å². The summed E-state index contributed by atoms with van der Waals surface area (Å²) in [6.07, 6.45) is 2.60. The minimum absolute atomic E-state index is 0.109. The number of rotatable bonds is 6. The molecule has 0 radical (unpaired) electrons. The van der Waals surface area contributed by atoms with Crippen LogP contribution in [0.25, 0.3) is 0 Å². The second-order valence-corrected chi connectivity index (χ2v) is 2.84. The molecule has 0 aromatic carbocycles. The normalized spacial score (nSPS) is 10.5. The third-order valence-corrected chi connectivity index (χ3v) is 1.66. The van der Waals surface area contributed by atoms with Crippen molar-refractivity contribution in [1.82, 2.24) is 0 Å². The number of allylic oxidation sites excluding steroid dienone is 2. The Bertz CT molecular complexity index is 275. The van der Waals surface area contributed by atoms with Gasteiger partial charge in [-0.25, -0.2) is 0 Å². The summed E-state index contributed by atoms with van der Waals surface area (Å²) in [5.41, 5.74) is 0. The predicted molar refractivity (Wildman–Crippen MR) is 56.6 cm³/mol. The third kappa shape index (κ3) is 4.25. The molecule has 16 heavy (non-hydrogen) atoms. The average molecular weight is 228 g/mol. The Morgan fingerprint density at radius 2 is 1.50 bits per heavy atom. The zero-order chi connectivity index (χ0) is 12.6. The molecular formula is C11H16O5. The molecule has 0 spiro atoms. The van der Waals surface area contributed by atoms with Crippen molar-refractivity contribution in [3.63, 3.8) is 0 Å². The quantitative estimate of drug-likeness (QED) is 0.383. The summed E-state index contributed by atoms with van der Waals surface area (Å²) < 4.78 is 9.29. The van der Waals surface area contributed by atoms with Crippen molar-refractivity contribution in [3.05, 3.63) is 12.2 Å². The van der Waals surface area contributed by atoms with Gasteiger partial charge in [-0.1, -0.05) is 6.08 Å². The van der Waals surface area contributed by atoms with Gasteiger partial charge in [0, 0.05) is 0 Å². The highest BCUT2D eigenvalue weighted by atomic mass is 16.6. The van der Waals surface area contributed by atoms with Gasteiger partial charge in [0.05, 0.1) is 13.2 Å². The Hall–Kier alpha value is -1.65. The van der Waals surface area contributed by atoms with Crippen LogP contribution in [0.1, 0.15) is 20.8 Å². The van der Waals surface area contributed by atoms with E-state index in [1.165, 1.54) is 6.08 Å². The number of hydrogen-bond donors (Lipinski definition) is 0. The lowest BCUT2D eigenvalue weighted by molar-refractivity contribution is -0.163. The zero-order valence-electron chi connectivity index (χ0n) is 9.69. The fourth-order valence-electron chi connectivity index (χ4n) is 1.04. The van der Waals surface area contributed by atoms with Gasteiger partial charge in [-0.2, -0.15) is 0 Å². The highest BCUT2D eigenvalue weighted by Gasteiger charge is 2.35. The Balaban J connectivity index is 4.82. The molecule has 0 aliphatic carbocycles. The van der Waals surface area contributed by atoms with Crippen LogP contribution in [0.15, 0.2) is 12.2 Å². The molecule has 0 saturated carbocycles. The van der Waals surface area contributed by atoms with Gasteiger partial charge in [0.15, 0.2) is 5.78 Å². The molecule has 0 aromatic heterocycles. The third-order valence-electron chi connectivity index (χ3n) is 1.66. The van der Waals surface area contributed by atoms with E-state index in [1.54, 1.807) is 20.8 Å². The molecule has 0 bridgehead atoms. The number of ether oxygens (including phenoxy) is 2. The fourth-order valence-corrected chi connectivity index (χ4v) is 1.04. The van der Waals surface area contributed by atoms with Crippen LogP contribution >= 0.6 is 0 Å². The first-order valence-electron chi connectivity index (χ1n) is 5.08. The lowest BCUT2D eigenvalue weighted by Crippen LogP contribution is -2.34. The molecule has 5 nitrogen and oxygen atoms in total. The van der Waals surface area contributed by atoms with E-state index in [0.29, 0.717) is 0 Å². The average Bonchev–Trinajstić information content (AvgIpc) is 2.19. The molecule has 0 fully saturated rings. The number of ketones is 1. The van der Waals surface area contributed by atoms with Crippen LogP contribution in [0.3, 0.4) is 0 Å². The molecule has 0 unspecified atom stereocenters. The molecule has 0 aromatic rings. The second kappa shape index (κ2) is 7.62. The van der Waals surface area contributed by atoms with Crippen molar-refractivity contribution < 1.29 is 23.9 Å². The van der Waals surface area contributed by atoms with Gasteiger partial charge in [-0.3, -0.25) is 14.4 Å². The molecule has 0 amide bonds. The van der Waals surface area contributed by atoms with Gasteiger partial charge in [-0.15, -0.1) is 0 Å². The molecule has 0 N–H and O–H groups in total. The lowest BCUT2D eigenvalue weighted by atomic mass is 10.0. The van der Waals surface area contributed by atoms with Crippen LogP contribution < -0.4 is 0 Å². The maximum Gasteiger partial charge on any atom is 0.328 e. The van der Waals surface area contributed by atoms with E-state index < -0.39 is 23.6 Å².